The standard InChI is InChI=1S/C21H25N7O/c1-3-17-23-20(26-21(25-17)28-14-12-27(2)13-15-28)24-18-10-7-11-19(22-18)29-16-8-5-4-6-9-16/h4-11H,3,12-15H2,1-2H3,(H,22,23,24,25,26). The minimum Gasteiger partial charge on any atom is -0.439 e. The van der Waals surface area contributed by atoms with Crippen LogP contribution in [0.4, 0.5) is 17.7 Å². The zero-order valence-electron chi connectivity index (χ0n) is 16.7. The Labute approximate surface area is 170 Å². The van der Waals surface area contributed by atoms with Crippen LogP contribution in [-0.2, 0) is 6.42 Å². The minimum atomic E-state index is 0.495. The highest BCUT2D eigenvalue weighted by Crippen LogP contribution is 2.22. The molecule has 1 aliphatic heterocycles. The maximum Gasteiger partial charge on any atom is 0.233 e. The smallest absolute Gasteiger partial charge is 0.233 e. The lowest BCUT2D eigenvalue weighted by Gasteiger charge is -2.32. The van der Waals surface area contributed by atoms with Crippen LogP contribution in [0.2, 0.25) is 0 Å². The molecule has 0 bridgehead atoms. The zero-order valence-corrected chi connectivity index (χ0v) is 16.7. The Morgan fingerprint density at radius 3 is 2.45 bits per heavy atom. The van der Waals surface area contributed by atoms with E-state index in [2.05, 4.69) is 42.1 Å². The first kappa shape index (κ1) is 19.1. The number of pyridine rings is 1. The van der Waals surface area contributed by atoms with Crippen molar-refractivity contribution < 1.29 is 4.74 Å². The van der Waals surface area contributed by atoms with Crippen LogP contribution in [-0.4, -0.2) is 58.1 Å². The summed E-state index contributed by atoms with van der Waals surface area (Å²) in [5, 5.41) is 3.20. The van der Waals surface area contributed by atoms with Crippen molar-refractivity contribution in [3.63, 3.8) is 0 Å². The highest BCUT2D eigenvalue weighted by atomic mass is 16.5. The molecule has 0 radical (unpaired) electrons. The fourth-order valence-corrected chi connectivity index (χ4v) is 3.03. The van der Waals surface area contributed by atoms with Crippen LogP contribution in [0, 0.1) is 0 Å². The largest absolute Gasteiger partial charge is 0.439 e. The van der Waals surface area contributed by atoms with Crippen molar-refractivity contribution in [1.82, 2.24) is 24.8 Å². The van der Waals surface area contributed by atoms with Gasteiger partial charge in [-0.3, -0.25) is 0 Å². The summed E-state index contributed by atoms with van der Waals surface area (Å²) >= 11 is 0. The van der Waals surface area contributed by atoms with E-state index >= 15 is 0 Å². The van der Waals surface area contributed by atoms with Crippen molar-refractivity contribution in [3.05, 3.63) is 54.4 Å². The SMILES string of the molecule is CCc1nc(Nc2cccc(Oc3ccccc3)n2)nc(N2CCN(C)CC2)n1. The summed E-state index contributed by atoms with van der Waals surface area (Å²) in [4.78, 5) is 22.8. The molecule has 1 saturated heterocycles. The van der Waals surface area contributed by atoms with Crippen LogP contribution in [0.25, 0.3) is 0 Å². The van der Waals surface area contributed by atoms with Gasteiger partial charge in [-0.1, -0.05) is 31.2 Å². The van der Waals surface area contributed by atoms with E-state index in [1.54, 1.807) is 0 Å². The molecular formula is C21H25N7O. The van der Waals surface area contributed by atoms with E-state index in [1.165, 1.54) is 0 Å². The molecule has 8 heteroatoms. The molecule has 0 aliphatic carbocycles. The van der Waals surface area contributed by atoms with Gasteiger partial charge in [0, 0.05) is 38.7 Å². The topological polar surface area (TPSA) is 79.3 Å². The van der Waals surface area contributed by atoms with Crippen molar-refractivity contribution in [2.75, 3.05) is 43.4 Å². The molecule has 0 spiro atoms. The van der Waals surface area contributed by atoms with E-state index in [4.69, 9.17) is 4.74 Å². The number of rotatable bonds is 6. The van der Waals surface area contributed by atoms with Crippen molar-refractivity contribution in [2.24, 2.45) is 0 Å². The zero-order chi connectivity index (χ0) is 20.1. The first-order valence-corrected chi connectivity index (χ1v) is 9.85. The molecular weight excluding hydrogens is 366 g/mol. The summed E-state index contributed by atoms with van der Waals surface area (Å²) in [6.07, 6.45) is 0.739. The Morgan fingerprint density at radius 1 is 0.897 bits per heavy atom. The quantitative estimate of drug-likeness (QED) is 0.687. The summed E-state index contributed by atoms with van der Waals surface area (Å²) in [6, 6.07) is 15.1. The van der Waals surface area contributed by atoms with Crippen molar-refractivity contribution in [3.8, 4) is 11.6 Å². The number of benzene rings is 1. The van der Waals surface area contributed by atoms with Gasteiger partial charge in [-0.05, 0) is 25.2 Å². The van der Waals surface area contributed by atoms with Gasteiger partial charge in [-0.15, -0.1) is 0 Å². The number of para-hydroxylation sites is 1. The molecule has 1 aromatic carbocycles. The first-order valence-electron chi connectivity index (χ1n) is 9.85. The second kappa shape index (κ2) is 8.83. The van der Waals surface area contributed by atoms with Crippen LogP contribution in [0.3, 0.4) is 0 Å². The molecule has 1 aliphatic rings. The predicted octanol–water partition coefficient (Wildman–Crippen LogP) is 3.12. The molecule has 3 aromatic rings. The number of hydrogen-bond acceptors (Lipinski definition) is 8. The number of hydrogen-bond donors (Lipinski definition) is 1. The number of aryl methyl sites for hydroxylation is 1. The maximum atomic E-state index is 5.81. The number of nitrogens with zero attached hydrogens (tertiary/aromatic N) is 6. The molecule has 3 heterocycles. The average molecular weight is 391 g/mol. The van der Waals surface area contributed by atoms with Crippen molar-refractivity contribution in [2.45, 2.75) is 13.3 Å². The Hall–Kier alpha value is -3.26. The lowest BCUT2D eigenvalue weighted by atomic mass is 10.3. The summed E-state index contributed by atoms with van der Waals surface area (Å²) < 4.78 is 5.81. The molecule has 0 atom stereocenters. The highest BCUT2D eigenvalue weighted by molar-refractivity contribution is 5.50. The fourth-order valence-electron chi connectivity index (χ4n) is 3.03. The third-order valence-corrected chi connectivity index (χ3v) is 4.70. The van der Waals surface area contributed by atoms with E-state index in [9.17, 15) is 0 Å². The third kappa shape index (κ3) is 4.97. The summed E-state index contributed by atoms with van der Waals surface area (Å²) in [5.74, 6) is 3.83. The van der Waals surface area contributed by atoms with Gasteiger partial charge >= 0.3 is 0 Å². The molecule has 1 fully saturated rings. The number of anilines is 3. The maximum absolute atomic E-state index is 5.81. The number of aromatic nitrogens is 4. The number of piperazine rings is 1. The van der Waals surface area contributed by atoms with Crippen LogP contribution < -0.4 is 15.0 Å². The molecule has 0 unspecified atom stereocenters. The highest BCUT2D eigenvalue weighted by Gasteiger charge is 2.18. The second-order valence-corrected chi connectivity index (χ2v) is 6.92. The average Bonchev–Trinajstić information content (AvgIpc) is 2.75. The van der Waals surface area contributed by atoms with Gasteiger partial charge in [0.05, 0.1) is 0 Å². The van der Waals surface area contributed by atoms with Crippen LogP contribution in [0.15, 0.2) is 48.5 Å². The molecule has 150 valence electrons. The van der Waals surface area contributed by atoms with Crippen LogP contribution in [0.1, 0.15) is 12.7 Å². The van der Waals surface area contributed by atoms with Gasteiger partial charge in [0.1, 0.15) is 17.4 Å². The van der Waals surface area contributed by atoms with Gasteiger partial charge in [-0.25, -0.2) is 0 Å². The molecule has 0 amide bonds. The summed E-state index contributed by atoms with van der Waals surface area (Å²) in [7, 11) is 2.13. The monoisotopic (exact) mass is 391 g/mol. The lowest BCUT2D eigenvalue weighted by Crippen LogP contribution is -2.45. The summed E-state index contributed by atoms with van der Waals surface area (Å²) in [5.41, 5.74) is 0. The lowest BCUT2D eigenvalue weighted by molar-refractivity contribution is 0.311. The van der Waals surface area contributed by atoms with E-state index in [-0.39, 0.29) is 0 Å². The minimum absolute atomic E-state index is 0.495. The van der Waals surface area contributed by atoms with Gasteiger partial charge in [0.15, 0.2) is 0 Å². The van der Waals surface area contributed by atoms with Gasteiger partial charge in [0.25, 0.3) is 0 Å². The summed E-state index contributed by atoms with van der Waals surface area (Å²) in [6.45, 7) is 5.84. The Kier molecular flexibility index (Phi) is 5.81. The van der Waals surface area contributed by atoms with Crippen molar-refractivity contribution >= 4 is 17.7 Å². The second-order valence-electron chi connectivity index (χ2n) is 6.92. The molecule has 2 aromatic heterocycles. The predicted molar refractivity (Wildman–Crippen MR) is 113 cm³/mol. The molecule has 0 saturated carbocycles. The normalized spacial score (nSPS) is 14.6. The van der Waals surface area contributed by atoms with E-state index in [1.807, 2.05) is 55.5 Å². The number of ether oxygens (including phenoxy) is 1. The Balaban J connectivity index is 1.53. The van der Waals surface area contributed by atoms with Gasteiger partial charge < -0.3 is 19.9 Å². The Morgan fingerprint density at radius 2 is 1.69 bits per heavy atom. The molecule has 29 heavy (non-hydrogen) atoms. The van der Waals surface area contributed by atoms with Gasteiger partial charge in [0.2, 0.25) is 17.8 Å². The number of likely N-dealkylation sites (N-methyl/N-ethyl adjacent to an activating group) is 1. The van der Waals surface area contributed by atoms with Crippen LogP contribution in [0.5, 0.6) is 11.6 Å². The molecule has 1 N–H and O–H groups in total. The van der Waals surface area contributed by atoms with E-state index in [0.29, 0.717) is 23.6 Å². The Bertz CT molecular complexity index is 943. The third-order valence-electron chi connectivity index (χ3n) is 4.70. The molecule has 4 rings (SSSR count). The fraction of sp³-hybridized carbons (Fsp3) is 0.333. The first-order chi connectivity index (χ1) is 14.2. The van der Waals surface area contributed by atoms with E-state index in [0.717, 1.165) is 44.2 Å². The number of nitrogens with one attached hydrogen (secondary N) is 1. The molecule has 8 nitrogen and oxygen atoms in total. The van der Waals surface area contributed by atoms with Crippen molar-refractivity contribution in [1.29, 1.82) is 0 Å². The van der Waals surface area contributed by atoms with Crippen LogP contribution >= 0.6 is 0 Å². The van der Waals surface area contributed by atoms with Gasteiger partial charge in [-0.2, -0.15) is 19.9 Å². The van der Waals surface area contributed by atoms with E-state index < -0.39 is 0 Å².